The summed E-state index contributed by atoms with van der Waals surface area (Å²) < 4.78 is 0. The first-order chi connectivity index (χ1) is 13.2. The van der Waals surface area contributed by atoms with E-state index in [4.69, 9.17) is 5.11 Å². The molecule has 1 N–H and O–H groups in total. The molecule has 0 saturated carbocycles. The Morgan fingerprint density at radius 1 is 0.778 bits per heavy atom. The minimum atomic E-state index is -0.872. The van der Waals surface area contributed by atoms with Gasteiger partial charge in [0.1, 0.15) is 0 Å². The van der Waals surface area contributed by atoms with Crippen LogP contribution in [0.2, 0.25) is 0 Å². The van der Waals surface area contributed by atoms with Crippen LogP contribution in [0.25, 0.3) is 10.8 Å². The first-order valence-corrected chi connectivity index (χ1v) is 9.42. The molecular weight excluding hydrogens is 336 g/mol. The molecule has 4 nitrogen and oxygen atoms in total. The lowest BCUT2D eigenvalue weighted by molar-refractivity contribution is 0.0697. The standard InChI is InChI=1S/C23H24N2O2/c26-23(27)20-10-8-18(9-11-20)16-24-12-14-25(15-13-24)17-21-6-3-5-19-4-1-2-7-22(19)21/h1-11H,12-17H2,(H,26,27). The van der Waals surface area contributed by atoms with Crippen molar-refractivity contribution in [1.29, 1.82) is 0 Å². The number of hydrogen-bond donors (Lipinski definition) is 1. The van der Waals surface area contributed by atoms with Gasteiger partial charge in [-0.25, -0.2) is 4.79 Å². The maximum absolute atomic E-state index is 11.0. The number of aromatic carboxylic acids is 1. The van der Waals surface area contributed by atoms with Gasteiger partial charge in [0.05, 0.1) is 5.56 Å². The van der Waals surface area contributed by atoms with Crippen LogP contribution in [0.3, 0.4) is 0 Å². The third-order valence-corrected chi connectivity index (χ3v) is 5.35. The van der Waals surface area contributed by atoms with Gasteiger partial charge in [0.2, 0.25) is 0 Å². The van der Waals surface area contributed by atoms with Crippen LogP contribution in [0.4, 0.5) is 0 Å². The van der Waals surface area contributed by atoms with E-state index < -0.39 is 5.97 Å². The number of rotatable bonds is 5. The molecule has 1 aliphatic rings. The fourth-order valence-electron chi connectivity index (χ4n) is 3.79. The summed E-state index contributed by atoms with van der Waals surface area (Å²) in [6.45, 7) is 6.04. The lowest BCUT2D eigenvalue weighted by Crippen LogP contribution is -2.45. The molecular formula is C23H24N2O2. The monoisotopic (exact) mass is 360 g/mol. The molecule has 27 heavy (non-hydrogen) atoms. The Bertz CT molecular complexity index is 923. The summed E-state index contributed by atoms with van der Waals surface area (Å²) in [5, 5.41) is 11.6. The highest BCUT2D eigenvalue weighted by atomic mass is 16.4. The number of hydrogen-bond acceptors (Lipinski definition) is 3. The van der Waals surface area contributed by atoms with Crippen LogP contribution in [0.1, 0.15) is 21.5 Å². The SMILES string of the molecule is O=C(O)c1ccc(CN2CCN(Cc3cccc4ccccc34)CC2)cc1. The molecule has 0 amide bonds. The average Bonchev–Trinajstić information content (AvgIpc) is 2.70. The minimum absolute atomic E-state index is 0.346. The van der Waals surface area contributed by atoms with Crippen LogP contribution in [0.15, 0.2) is 66.7 Å². The van der Waals surface area contributed by atoms with E-state index in [1.54, 1.807) is 12.1 Å². The zero-order chi connectivity index (χ0) is 18.6. The van der Waals surface area contributed by atoms with Gasteiger partial charge in [-0.2, -0.15) is 0 Å². The summed E-state index contributed by atoms with van der Waals surface area (Å²) in [7, 11) is 0. The molecule has 0 radical (unpaired) electrons. The van der Waals surface area contributed by atoms with Gasteiger partial charge in [-0.15, -0.1) is 0 Å². The Balaban J connectivity index is 1.34. The van der Waals surface area contributed by atoms with Crippen molar-refractivity contribution in [3.05, 3.63) is 83.4 Å². The highest BCUT2D eigenvalue weighted by Gasteiger charge is 2.18. The van der Waals surface area contributed by atoms with Crippen LogP contribution in [-0.4, -0.2) is 47.1 Å². The number of fused-ring (bicyclic) bond motifs is 1. The maximum Gasteiger partial charge on any atom is 0.335 e. The highest BCUT2D eigenvalue weighted by molar-refractivity contribution is 5.87. The van der Waals surface area contributed by atoms with E-state index in [-0.39, 0.29) is 0 Å². The predicted molar refractivity (Wildman–Crippen MR) is 108 cm³/mol. The molecule has 4 heteroatoms. The van der Waals surface area contributed by atoms with Crippen molar-refractivity contribution in [1.82, 2.24) is 9.80 Å². The Morgan fingerprint density at radius 3 is 2.11 bits per heavy atom. The Labute approximate surface area is 159 Å². The van der Waals surface area contributed by atoms with E-state index in [0.29, 0.717) is 5.56 Å². The molecule has 3 aromatic carbocycles. The number of carboxylic acids is 1. The second kappa shape index (κ2) is 7.91. The summed E-state index contributed by atoms with van der Waals surface area (Å²) in [5.74, 6) is -0.872. The van der Waals surface area contributed by atoms with Gasteiger partial charge >= 0.3 is 5.97 Å². The van der Waals surface area contributed by atoms with Crippen molar-refractivity contribution < 1.29 is 9.90 Å². The molecule has 138 valence electrons. The zero-order valence-corrected chi connectivity index (χ0v) is 15.3. The number of carbonyl (C=O) groups is 1. The van der Waals surface area contributed by atoms with Crippen molar-refractivity contribution in [3.63, 3.8) is 0 Å². The third kappa shape index (κ3) is 4.18. The fraction of sp³-hybridized carbons (Fsp3) is 0.261. The zero-order valence-electron chi connectivity index (χ0n) is 15.3. The molecule has 3 aromatic rings. The largest absolute Gasteiger partial charge is 0.478 e. The molecule has 1 saturated heterocycles. The van der Waals surface area contributed by atoms with Crippen LogP contribution in [0.5, 0.6) is 0 Å². The van der Waals surface area contributed by atoms with Gasteiger partial charge < -0.3 is 5.11 Å². The Morgan fingerprint density at radius 2 is 1.41 bits per heavy atom. The summed E-state index contributed by atoms with van der Waals surface area (Å²) in [4.78, 5) is 15.9. The highest BCUT2D eigenvalue weighted by Crippen LogP contribution is 2.21. The number of carboxylic acid groups (broad SMARTS) is 1. The Hall–Kier alpha value is -2.69. The van der Waals surface area contributed by atoms with Gasteiger partial charge in [-0.3, -0.25) is 9.80 Å². The normalized spacial score (nSPS) is 15.9. The van der Waals surface area contributed by atoms with Crippen LogP contribution in [-0.2, 0) is 13.1 Å². The van der Waals surface area contributed by atoms with Crippen molar-refractivity contribution in [2.24, 2.45) is 0 Å². The first kappa shape index (κ1) is 17.7. The lowest BCUT2D eigenvalue weighted by atomic mass is 10.0. The molecule has 0 unspecified atom stereocenters. The van der Waals surface area contributed by atoms with Crippen LogP contribution >= 0.6 is 0 Å². The van der Waals surface area contributed by atoms with Gasteiger partial charge in [0.15, 0.2) is 0 Å². The molecule has 0 spiro atoms. The average molecular weight is 360 g/mol. The molecule has 0 atom stereocenters. The first-order valence-electron chi connectivity index (χ1n) is 9.42. The molecule has 1 fully saturated rings. The summed E-state index contributed by atoms with van der Waals surface area (Å²) in [5.41, 5.74) is 2.91. The molecule has 0 bridgehead atoms. The third-order valence-electron chi connectivity index (χ3n) is 5.35. The second-order valence-electron chi connectivity index (χ2n) is 7.19. The predicted octanol–water partition coefficient (Wildman–Crippen LogP) is 3.86. The van der Waals surface area contributed by atoms with Crippen molar-refractivity contribution in [2.75, 3.05) is 26.2 Å². The van der Waals surface area contributed by atoms with E-state index >= 15 is 0 Å². The summed E-state index contributed by atoms with van der Waals surface area (Å²) in [6.07, 6.45) is 0. The molecule has 0 aromatic heterocycles. The topological polar surface area (TPSA) is 43.8 Å². The minimum Gasteiger partial charge on any atom is -0.478 e. The quantitative estimate of drug-likeness (QED) is 0.750. The van der Waals surface area contributed by atoms with E-state index in [9.17, 15) is 4.79 Å². The number of nitrogens with zero attached hydrogens (tertiary/aromatic N) is 2. The maximum atomic E-state index is 11.0. The van der Waals surface area contributed by atoms with Crippen LogP contribution in [0, 0.1) is 0 Å². The summed E-state index contributed by atoms with van der Waals surface area (Å²) in [6, 6.07) is 22.4. The van der Waals surface area contributed by atoms with Gasteiger partial charge in [0, 0.05) is 39.3 Å². The van der Waals surface area contributed by atoms with Crippen LogP contribution < -0.4 is 0 Å². The van der Waals surface area contributed by atoms with Crippen molar-refractivity contribution >= 4 is 16.7 Å². The van der Waals surface area contributed by atoms with E-state index in [1.165, 1.54) is 21.9 Å². The molecule has 0 aliphatic carbocycles. The second-order valence-corrected chi connectivity index (χ2v) is 7.19. The van der Waals surface area contributed by atoms with Gasteiger partial charge in [-0.05, 0) is 34.0 Å². The smallest absolute Gasteiger partial charge is 0.335 e. The van der Waals surface area contributed by atoms with Crippen molar-refractivity contribution in [2.45, 2.75) is 13.1 Å². The molecule has 4 rings (SSSR count). The molecule has 1 aliphatic heterocycles. The summed E-state index contributed by atoms with van der Waals surface area (Å²) >= 11 is 0. The van der Waals surface area contributed by atoms with Crippen molar-refractivity contribution in [3.8, 4) is 0 Å². The van der Waals surface area contributed by atoms with E-state index in [0.717, 1.165) is 39.3 Å². The van der Waals surface area contributed by atoms with E-state index in [1.807, 2.05) is 12.1 Å². The van der Waals surface area contributed by atoms with Gasteiger partial charge in [0.25, 0.3) is 0 Å². The molecule has 1 heterocycles. The number of benzene rings is 3. The van der Waals surface area contributed by atoms with Gasteiger partial charge in [-0.1, -0.05) is 54.6 Å². The fourth-order valence-corrected chi connectivity index (χ4v) is 3.79. The number of piperazine rings is 1. The lowest BCUT2D eigenvalue weighted by Gasteiger charge is -2.35. The Kier molecular flexibility index (Phi) is 5.19. The van der Waals surface area contributed by atoms with E-state index in [2.05, 4.69) is 52.3 Å².